The molecule has 0 radical (unpaired) electrons. The molecule has 1 rings (SSSR count). The number of carbonyl (C=O) groups is 1. The fourth-order valence-electron chi connectivity index (χ4n) is 1.96. The summed E-state index contributed by atoms with van der Waals surface area (Å²) in [6.45, 7) is 6.58. The second-order valence-electron chi connectivity index (χ2n) is 6.45. The standard InChI is InChI=1S/C17H26N2O5/c1-17(2,3)24-16(20)18-11-6-4-5-7-12-23-15-10-8-9-14(13-15)19(21)22/h8-10,13H,4-7,11-12H2,1-3H3,(H,18,20). The van der Waals surface area contributed by atoms with E-state index in [0.717, 1.165) is 25.7 Å². The van der Waals surface area contributed by atoms with E-state index in [1.807, 2.05) is 20.8 Å². The molecule has 0 saturated heterocycles. The Bertz CT molecular complexity index is 540. The van der Waals surface area contributed by atoms with Gasteiger partial charge in [-0.2, -0.15) is 0 Å². The lowest BCUT2D eigenvalue weighted by Gasteiger charge is -2.19. The van der Waals surface area contributed by atoms with Crippen molar-refractivity contribution in [3.05, 3.63) is 34.4 Å². The van der Waals surface area contributed by atoms with Gasteiger partial charge in [-0.25, -0.2) is 4.79 Å². The number of hydrogen-bond donors (Lipinski definition) is 1. The first kappa shape index (κ1) is 19.7. The lowest BCUT2D eigenvalue weighted by Crippen LogP contribution is -2.32. The van der Waals surface area contributed by atoms with Crippen LogP contribution in [0.2, 0.25) is 0 Å². The van der Waals surface area contributed by atoms with Gasteiger partial charge in [0.15, 0.2) is 0 Å². The van der Waals surface area contributed by atoms with E-state index in [0.29, 0.717) is 18.9 Å². The lowest BCUT2D eigenvalue weighted by atomic mass is 10.2. The van der Waals surface area contributed by atoms with Crippen molar-refractivity contribution < 1.29 is 19.2 Å². The number of nitro benzene ring substituents is 1. The molecule has 1 aromatic carbocycles. The number of ether oxygens (including phenoxy) is 2. The molecule has 7 heteroatoms. The molecule has 24 heavy (non-hydrogen) atoms. The Balaban J connectivity index is 2.06. The van der Waals surface area contributed by atoms with Crippen LogP contribution in [0.25, 0.3) is 0 Å². The van der Waals surface area contributed by atoms with Gasteiger partial charge in [-0.05, 0) is 39.7 Å². The average Bonchev–Trinajstić information content (AvgIpc) is 2.48. The van der Waals surface area contributed by atoms with Crippen LogP contribution in [0, 0.1) is 10.1 Å². The Morgan fingerprint density at radius 1 is 1.21 bits per heavy atom. The van der Waals surface area contributed by atoms with Crippen molar-refractivity contribution in [1.82, 2.24) is 5.32 Å². The largest absolute Gasteiger partial charge is 0.493 e. The Hall–Kier alpha value is -2.31. The summed E-state index contributed by atoms with van der Waals surface area (Å²) < 4.78 is 10.6. The number of hydrogen-bond acceptors (Lipinski definition) is 5. The third kappa shape index (κ3) is 8.97. The molecule has 1 amide bonds. The Morgan fingerprint density at radius 3 is 2.58 bits per heavy atom. The molecule has 0 aliphatic rings. The Morgan fingerprint density at radius 2 is 1.92 bits per heavy atom. The monoisotopic (exact) mass is 338 g/mol. The minimum atomic E-state index is -0.478. The van der Waals surface area contributed by atoms with Crippen LogP contribution in [0.4, 0.5) is 10.5 Å². The molecule has 0 aliphatic carbocycles. The fourth-order valence-corrected chi connectivity index (χ4v) is 1.96. The van der Waals surface area contributed by atoms with Gasteiger partial charge in [-0.1, -0.05) is 18.9 Å². The molecule has 0 bridgehead atoms. The molecule has 1 aromatic rings. The molecule has 0 saturated carbocycles. The Kier molecular flexibility index (Phi) is 8.01. The Labute approximate surface area is 142 Å². The predicted octanol–water partition coefficient (Wildman–Crippen LogP) is 4.06. The average molecular weight is 338 g/mol. The van der Waals surface area contributed by atoms with Crippen molar-refractivity contribution in [2.75, 3.05) is 13.2 Å². The summed E-state index contributed by atoms with van der Waals surface area (Å²) in [5.74, 6) is 0.510. The maximum absolute atomic E-state index is 11.4. The SMILES string of the molecule is CC(C)(C)OC(=O)NCCCCCCOc1cccc([N+](=O)[O-])c1. The molecule has 134 valence electrons. The van der Waals surface area contributed by atoms with Crippen LogP contribution in [0.15, 0.2) is 24.3 Å². The van der Waals surface area contributed by atoms with Crippen LogP contribution in [0.3, 0.4) is 0 Å². The molecule has 0 spiro atoms. The van der Waals surface area contributed by atoms with Crippen molar-refractivity contribution in [2.24, 2.45) is 0 Å². The number of unbranched alkanes of at least 4 members (excludes halogenated alkanes) is 3. The highest BCUT2D eigenvalue weighted by Gasteiger charge is 2.15. The zero-order valence-electron chi connectivity index (χ0n) is 14.5. The molecule has 7 nitrogen and oxygen atoms in total. The van der Waals surface area contributed by atoms with E-state index >= 15 is 0 Å². The highest BCUT2D eigenvalue weighted by atomic mass is 16.6. The second-order valence-corrected chi connectivity index (χ2v) is 6.45. The molecule has 0 atom stereocenters. The summed E-state index contributed by atoms with van der Waals surface area (Å²) in [5.41, 5.74) is -0.450. The van der Waals surface area contributed by atoms with Crippen molar-refractivity contribution in [2.45, 2.75) is 52.1 Å². The number of rotatable bonds is 9. The van der Waals surface area contributed by atoms with Crippen molar-refractivity contribution >= 4 is 11.8 Å². The number of benzene rings is 1. The van der Waals surface area contributed by atoms with E-state index in [4.69, 9.17) is 9.47 Å². The number of alkyl carbamates (subject to hydrolysis) is 1. The molecule has 0 fully saturated rings. The molecule has 0 unspecified atom stereocenters. The van der Waals surface area contributed by atoms with E-state index < -0.39 is 16.6 Å². The van der Waals surface area contributed by atoms with Gasteiger partial charge in [-0.15, -0.1) is 0 Å². The third-order valence-corrected chi connectivity index (χ3v) is 3.04. The first-order chi connectivity index (χ1) is 11.3. The van der Waals surface area contributed by atoms with Crippen LogP contribution in [0.1, 0.15) is 46.5 Å². The van der Waals surface area contributed by atoms with Gasteiger partial charge >= 0.3 is 6.09 Å². The van der Waals surface area contributed by atoms with E-state index in [1.165, 1.54) is 12.1 Å². The molecule has 0 heterocycles. The number of nitrogens with one attached hydrogen (secondary N) is 1. The molecule has 0 aromatic heterocycles. The van der Waals surface area contributed by atoms with Crippen LogP contribution in [-0.2, 0) is 4.74 Å². The van der Waals surface area contributed by atoms with Gasteiger partial charge < -0.3 is 14.8 Å². The summed E-state index contributed by atoms with van der Waals surface area (Å²) >= 11 is 0. The van der Waals surface area contributed by atoms with Gasteiger partial charge in [0.25, 0.3) is 5.69 Å². The van der Waals surface area contributed by atoms with Crippen molar-refractivity contribution in [3.63, 3.8) is 0 Å². The zero-order chi connectivity index (χ0) is 18.0. The number of non-ortho nitro benzene ring substituents is 1. The van der Waals surface area contributed by atoms with E-state index in [2.05, 4.69) is 5.32 Å². The minimum Gasteiger partial charge on any atom is -0.493 e. The fraction of sp³-hybridized carbons (Fsp3) is 0.588. The quantitative estimate of drug-likeness (QED) is 0.416. The zero-order valence-corrected chi connectivity index (χ0v) is 14.5. The van der Waals surface area contributed by atoms with Crippen LogP contribution in [0.5, 0.6) is 5.75 Å². The number of nitrogens with zero attached hydrogens (tertiary/aromatic N) is 1. The van der Waals surface area contributed by atoms with E-state index in [1.54, 1.807) is 12.1 Å². The van der Waals surface area contributed by atoms with Gasteiger partial charge in [-0.3, -0.25) is 10.1 Å². The van der Waals surface area contributed by atoms with Crippen LogP contribution < -0.4 is 10.1 Å². The van der Waals surface area contributed by atoms with Gasteiger partial charge in [0, 0.05) is 12.6 Å². The minimum absolute atomic E-state index is 0.0284. The third-order valence-electron chi connectivity index (χ3n) is 3.04. The van der Waals surface area contributed by atoms with E-state index in [9.17, 15) is 14.9 Å². The summed E-state index contributed by atoms with van der Waals surface area (Å²) in [6, 6.07) is 6.17. The van der Waals surface area contributed by atoms with Crippen LogP contribution in [-0.4, -0.2) is 29.8 Å². The number of nitro groups is 1. The maximum Gasteiger partial charge on any atom is 0.407 e. The molecular formula is C17H26N2O5. The maximum atomic E-state index is 11.4. The van der Waals surface area contributed by atoms with Crippen LogP contribution >= 0.6 is 0 Å². The smallest absolute Gasteiger partial charge is 0.407 e. The van der Waals surface area contributed by atoms with Crippen molar-refractivity contribution in [3.8, 4) is 5.75 Å². The molecule has 1 N–H and O–H groups in total. The summed E-state index contributed by atoms with van der Waals surface area (Å²) in [4.78, 5) is 21.7. The highest BCUT2D eigenvalue weighted by molar-refractivity contribution is 5.67. The van der Waals surface area contributed by atoms with Gasteiger partial charge in [0.05, 0.1) is 17.6 Å². The molecule has 0 aliphatic heterocycles. The highest BCUT2D eigenvalue weighted by Crippen LogP contribution is 2.19. The summed E-state index contributed by atoms with van der Waals surface area (Å²) in [6.07, 6.45) is 3.26. The molecular weight excluding hydrogens is 312 g/mol. The van der Waals surface area contributed by atoms with Crippen molar-refractivity contribution in [1.29, 1.82) is 0 Å². The topological polar surface area (TPSA) is 90.7 Å². The number of carbonyl (C=O) groups excluding carboxylic acids is 1. The first-order valence-electron chi connectivity index (χ1n) is 8.12. The van der Waals surface area contributed by atoms with Gasteiger partial charge in [0.1, 0.15) is 11.4 Å². The number of amides is 1. The summed E-state index contributed by atoms with van der Waals surface area (Å²) in [5, 5.41) is 13.4. The van der Waals surface area contributed by atoms with Gasteiger partial charge in [0.2, 0.25) is 0 Å². The normalized spacial score (nSPS) is 11.0. The summed E-state index contributed by atoms with van der Waals surface area (Å²) in [7, 11) is 0. The second kappa shape index (κ2) is 9.75. The lowest BCUT2D eigenvalue weighted by molar-refractivity contribution is -0.384. The predicted molar refractivity (Wildman–Crippen MR) is 91.3 cm³/mol. The first-order valence-corrected chi connectivity index (χ1v) is 8.12. The van der Waals surface area contributed by atoms with E-state index in [-0.39, 0.29) is 5.69 Å².